The van der Waals surface area contributed by atoms with E-state index in [4.69, 9.17) is 0 Å². The van der Waals surface area contributed by atoms with Gasteiger partial charge in [-0.3, -0.25) is 0 Å². The number of fused-ring (bicyclic) bond motifs is 3. The van der Waals surface area contributed by atoms with Crippen LogP contribution in [0.4, 0.5) is 34.1 Å². The van der Waals surface area contributed by atoms with Crippen LogP contribution in [0.2, 0.25) is 0 Å². The van der Waals surface area contributed by atoms with E-state index in [1.54, 1.807) is 0 Å². The zero-order chi connectivity index (χ0) is 36.3. The third kappa shape index (κ3) is 7.22. The van der Waals surface area contributed by atoms with Crippen molar-refractivity contribution in [2.75, 3.05) is 9.80 Å². The maximum Gasteiger partial charge on any atom is 0.0464 e. The molecule has 0 unspecified atom stereocenters. The van der Waals surface area contributed by atoms with Gasteiger partial charge in [0.1, 0.15) is 0 Å². The Morgan fingerprint density at radius 2 is 0.660 bits per heavy atom. The molecule has 7 aromatic rings. The molecule has 0 spiro atoms. The molecule has 1 aliphatic rings. The minimum atomic E-state index is 0.888. The van der Waals surface area contributed by atoms with Gasteiger partial charge in [0.05, 0.1) is 0 Å². The highest BCUT2D eigenvalue weighted by Gasteiger charge is 2.23. The van der Waals surface area contributed by atoms with Crippen LogP contribution >= 0.6 is 0 Å². The Kier molecular flexibility index (Phi) is 9.36. The maximum atomic E-state index is 2.39. The minimum absolute atomic E-state index is 0.888. The van der Waals surface area contributed by atoms with Crippen molar-refractivity contribution < 1.29 is 0 Å². The Balaban J connectivity index is 1.11. The first kappa shape index (κ1) is 33.7. The Labute approximate surface area is 314 Å². The minimum Gasteiger partial charge on any atom is -0.310 e. The Morgan fingerprint density at radius 3 is 1.04 bits per heavy atom. The van der Waals surface area contributed by atoms with Crippen LogP contribution < -0.4 is 9.80 Å². The molecule has 0 aromatic heterocycles. The van der Waals surface area contributed by atoms with Crippen molar-refractivity contribution >= 4 is 52.4 Å². The molecule has 0 aliphatic heterocycles. The largest absolute Gasteiger partial charge is 0.310 e. The summed E-state index contributed by atoms with van der Waals surface area (Å²) in [5.41, 5.74) is 19.6. The van der Waals surface area contributed by atoms with E-state index in [2.05, 4.69) is 220 Å². The van der Waals surface area contributed by atoms with Crippen LogP contribution in [0.1, 0.15) is 51.4 Å². The molecule has 0 saturated heterocycles. The quantitative estimate of drug-likeness (QED) is 0.140. The second-order valence-corrected chi connectivity index (χ2v) is 14.1. The lowest BCUT2D eigenvalue weighted by Gasteiger charge is -2.26. The van der Waals surface area contributed by atoms with Crippen molar-refractivity contribution in [1.82, 2.24) is 0 Å². The van der Waals surface area contributed by atoms with Crippen LogP contribution in [0.5, 0.6) is 0 Å². The first-order chi connectivity index (χ1) is 25.9. The van der Waals surface area contributed by atoms with Crippen molar-refractivity contribution in [1.29, 1.82) is 0 Å². The molecule has 0 heterocycles. The molecule has 0 radical (unpaired) electrons. The van der Waals surface area contributed by atoms with E-state index in [9.17, 15) is 0 Å². The van der Waals surface area contributed by atoms with E-state index in [1.165, 1.54) is 55.6 Å². The van der Waals surface area contributed by atoms with Crippen LogP contribution in [0.25, 0.3) is 29.4 Å². The van der Waals surface area contributed by atoms with Gasteiger partial charge in [-0.05, 0) is 146 Å². The molecule has 2 heteroatoms. The summed E-state index contributed by atoms with van der Waals surface area (Å²) in [5.74, 6) is 0. The third-order valence-electron chi connectivity index (χ3n) is 10.2. The van der Waals surface area contributed by atoms with E-state index in [-0.39, 0.29) is 0 Å². The summed E-state index contributed by atoms with van der Waals surface area (Å²) >= 11 is 0. The lowest BCUT2D eigenvalue weighted by Crippen LogP contribution is -2.10. The molecule has 258 valence electrons. The van der Waals surface area contributed by atoms with Crippen molar-refractivity contribution in [3.63, 3.8) is 0 Å². The third-order valence-corrected chi connectivity index (χ3v) is 10.2. The summed E-state index contributed by atoms with van der Waals surface area (Å²) in [7, 11) is 0. The van der Waals surface area contributed by atoms with Gasteiger partial charge < -0.3 is 9.80 Å². The van der Waals surface area contributed by atoms with Crippen LogP contribution in [0.15, 0.2) is 164 Å². The topological polar surface area (TPSA) is 6.48 Å². The fraction of sp³-hybridized carbons (Fsp3) is 0.0980. The average molecular weight is 685 g/mol. The number of aryl methyl sites for hydroxylation is 3. The first-order valence-corrected chi connectivity index (χ1v) is 18.5. The zero-order valence-electron chi connectivity index (χ0n) is 30.9. The number of benzene rings is 7. The highest BCUT2D eigenvalue weighted by molar-refractivity contribution is 5.86. The van der Waals surface area contributed by atoms with E-state index in [0.717, 1.165) is 40.5 Å². The number of hydrogen-bond donors (Lipinski definition) is 0. The molecular weight excluding hydrogens is 641 g/mol. The smallest absolute Gasteiger partial charge is 0.0464 e. The highest BCUT2D eigenvalue weighted by atomic mass is 15.1. The van der Waals surface area contributed by atoms with Gasteiger partial charge in [0.15, 0.2) is 0 Å². The summed E-state index contributed by atoms with van der Waals surface area (Å²) in [6.45, 7) is 8.46. The Hall–Kier alpha value is -6.38. The van der Waals surface area contributed by atoms with Crippen LogP contribution in [0.3, 0.4) is 0 Å². The number of hydrogen-bond acceptors (Lipinski definition) is 2. The normalized spacial score (nSPS) is 11.9. The number of anilines is 6. The van der Waals surface area contributed by atoms with Gasteiger partial charge in [-0.15, -0.1) is 0 Å². The fourth-order valence-corrected chi connectivity index (χ4v) is 7.28. The molecule has 0 bridgehead atoms. The standard InChI is InChI=1S/C51H44N2/c1-5-6-39-17-25-46(26-18-39)52(44-21-9-37(3)10-22-44)48-29-31-50-42(34-48)33-43-35-49(30-32-51(43)50)53(45-23-11-38(4)12-24-45)47-27-19-41(20-28-47)16-15-40-13-7-36(2)8-14-40/h5-32,34-35H,33H2,1-4H3. The van der Waals surface area contributed by atoms with Crippen LogP contribution in [0, 0.1) is 20.8 Å². The molecule has 8 rings (SSSR count). The number of nitrogens with zero attached hydrogens (tertiary/aromatic N) is 2. The van der Waals surface area contributed by atoms with Crippen LogP contribution in [-0.4, -0.2) is 0 Å². The molecule has 2 nitrogen and oxygen atoms in total. The second-order valence-electron chi connectivity index (χ2n) is 14.1. The number of allylic oxidation sites excluding steroid dienone is 1. The predicted molar refractivity (Wildman–Crippen MR) is 228 cm³/mol. The molecular formula is C51H44N2. The van der Waals surface area contributed by atoms with E-state index in [0.29, 0.717) is 0 Å². The Morgan fingerprint density at radius 1 is 0.358 bits per heavy atom. The van der Waals surface area contributed by atoms with Crippen molar-refractivity contribution in [2.24, 2.45) is 0 Å². The zero-order valence-corrected chi connectivity index (χ0v) is 30.9. The Bertz CT molecular complexity index is 2410. The summed E-state index contributed by atoms with van der Waals surface area (Å²) in [6.07, 6.45) is 9.47. The van der Waals surface area contributed by atoms with Gasteiger partial charge in [0.2, 0.25) is 0 Å². The molecule has 0 fully saturated rings. The van der Waals surface area contributed by atoms with Gasteiger partial charge in [-0.1, -0.05) is 126 Å². The number of rotatable bonds is 9. The van der Waals surface area contributed by atoms with Crippen molar-refractivity contribution in [2.45, 2.75) is 34.1 Å². The van der Waals surface area contributed by atoms with Crippen LogP contribution in [-0.2, 0) is 6.42 Å². The summed E-state index contributed by atoms with van der Waals surface area (Å²) in [4.78, 5) is 4.74. The molecule has 0 atom stereocenters. The molecule has 7 aromatic carbocycles. The lowest BCUT2D eigenvalue weighted by molar-refractivity contribution is 1.22. The van der Waals surface area contributed by atoms with E-state index < -0.39 is 0 Å². The first-order valence-electron chi connectivity index (χ1n) is 18.5. The molecule has 0 saturated carbocycles. The maximum absolute atomic E-state index is 2.39. The van der Waals surface area contributed by atoms with Crippen molar-refractivity contribution in [3.05, 3.63) is 208 Å². The predicted octanol–water partition coefficient (Wildman–Crippen LogP) is 14.3. The summed E-state index contributed by atoms with van der Waals surface area (Å²) in [6, 6.07) is 57.9. The van der Waals surface area contributed by atoms with E-state index in [1.807, 2.05) is 0 Å². The van der Waals surface area contributed by atoms with Gasteiger partial charge >= 0.3 is 0 Å². The molecule has 0 N–H and O–H groups in total. The summed E-state index contributed by atoms with van der Waals surface area (Å²) in [5, 5.41) is 0. The average Bonchev–Trinajstić information content (AvgIpc) is 3.55. The van der Waals surface area contributed by atoms with Gasteiger partial charge in [-0.2, -0.15) is 0 Å². The van der Waals surface area contributed by atoms with Crippen molar-refractivity contribution in [3.8, 4) is 11.1 Å². The SMILES string of the molecule is CC=Cc1ccc(N(c2ccc(C)cc2)c2ccc3c(c2)Cc2cc(N(c4ccc(C)cc4)c4ccc(C=Cc5ccc(C)cc5)cc4)ccc2-3)cc1. The second kappa shape index (κ2) is 14.7. The van der Waals surface area contributed by atoms with Gasteiger partial charge in [-0.25, -0.2) is 0 Å². The van der Waals surface area contributed by atoms with Gasteiger partial charge in [0, 0.05) is 34.1 Å². The highest BCUT2D eigenvalue weighted by Crippen LogP contribution is 2.44. The monoisotopic (exact) mass is 684 g/mol. The molecule has 0 amide bonds. The van der Waals surface area contributed by atoms with Gasteiger partial charge in [0.25, 0.3) is 0 Å². The fourth-order valence-electron chi connectivity index (χ4n) is 7.28. The summed E-state index contributed by atoms with van der Waals surface area (Å²) < 4.78 is 0. The molecule has 53 heavy (non-hydrogen) atoms. The lowest BCUT2D eigenvalue weighted by atomic mass is 10.0. The van der Waals surface area contributed by atoms with E-state index >= 15 is 0 Å². The molecule has 1 aliphatic carbocycles.